The van der Waals surface area contributed by atoms with Crippen molar-refractivity contribution in [1.82, 2.24) is 0 Å². The molecule has 0 aliphatic carbocycles. The van der Waals surface area contributed by atoms with Gasteiger partial charge in [0.15, 0.2) is 0 Å². The predicted octanol–water partition coefficient (Wildman–Crippen LogP) is 3.66. The number of hydrogen-bond donors (Lipinski definition) is 1. The number of nitrogens with zero attached hydrogens (tertiary/aromatic N) is 1. The van der Waals surface area contributed by atoms with E-state index >= 15 is 0 Å². The minimum Gasteiger partial charge on any atom is -0.495 e. The number of ether oxygens (including phenoxy) is 1. The number of benzene rings is 2. The first-order valence-corrected chi connectivity index (χ1v) is 6.39. The molecule has 0 amide bonds. The molecule has 0 heterocycles. The van der Waals surface area contributed by atoms with E-state index < -0.39 is 6.10 Å². The molecule has 0 aliphatic heterocycles. The molecule has 3 nitrogen and oxygen atoms in total. The van der Waals surface area contributed by atoms with Gasteiger partial charge in [0, 0.05) is 7.05 Å². The highest BCUT2D eigenvalue weighted by atomic mass is 19.1. The lowest BCUT2D eigenvalue weighted by molar-refractivity contribution is 0.199. The molecule has 0 unspecified atom stereocenters. The predicted molar refractivity (Wildman–Crippen MR) is 78.1 cm³/mol. The van der Waals surface area contributed by atoms with Crippen molar-refractivity contribution >= 4 is 11.4 Å². The Kier molecular flexibility index (Phi) is 4.25. The molecule has 20 heavy (non-hydrogen) atoms. The van der Waals surface area contributed by atoms with Crippen molar-refractivity contribution < 1.29 is 14.2 Å². The van der Waals surface area contributed by atoms with Crippen LogP contribution in [0.4, 0.5) is 15.8 Å². The average molecular weight is 275 g/mol. The summed E-state index contributed by atoms with van der Waals surface area (Å²) in [7, 11) is 3.36. The van der Waals surface area contributed by atoms with Gasteiger partial charge in [-0.25, -0.2) is 4.39 Å². The van der Waals surface area contributed by atoms with E-state index in [2.05, 4.69) is 0 Å². The third kappa shape index (κ3) is 2.75. The monoisotopic (exact) mass is 275 g/mol. The molecule has 2 rings (SSSR count). The Morgan fingerprint density at radius 1 is 1.15 bits per heavy atom. The van der Waals surface area contributed by atoms with Gasteiger partial charge in [-0.1, -0.05) is 18.2 Å². The molecule has 4 heteroatoms. The smallest absolute Gasteiger partial charge is 0.147 e. The van der Waals surface area contributed by atoms with E-state index in [1.165, 1.54) is 6.07 Å². The van der Waals surface area contributed by atoms with Crippen LogP contribution in [0.5, 0.6) is 5.75 Å². The molecule has 0 saturated heterocycles. The quantitative estimate of drug-likeness (QED) is 0.924. The van der Waals surface area contributed by atoms with Crippen LogP contribution in [0.1, 0.15) is 18.6 Å². The molecule has 0 radical (unpaired) electrons. The molecular formula is C16H18FNO2. The fourth-order valence-electron chi connectivity index (χ4n) is 2.09. The maximum absolute atomic E-state index is 14.2. The summed E-state index contributed by atoms with van der Waals surface area (Å²) in [5.74, 6) is 0.297. The van der Waals surface area contributed by atoms with Gasteiger partial charge in [-0.05, 0) is 36.8 Å². The molecular weight excluding hydrogens is 257 g/mol. The third-order valence-electron chi connectivity index (χ3n) is 3.26. The first-order chi connectivity index (χ1) is 9.54. The van der Waals surface area contributed by atoms with Crippen LogP contribution in [0.15, 0.2) is 42.5 Å². The van der Waals surface area contributed by atoms with Crippen LogP contribution in [0.25, 0.3) is 0 Å². The van der Waals surface area contributed by atoms with Crippen LogP contribution < -0.4 is 9.64 Å². The fraction of sp³-hybridized carbons (Fsp3) is 0.250. The zero-order chi connectivity index (χ0) is 14.7. The number of anilines is 2. The molecule has 1 atom stereocenters. The number of hydrogen-bond acceptors (Lipinski definition) is 3. The number of aliphatic hydroxyl groups is 1. The highest BCUT2D eigenvalue weighted by Gasteiger charge is 2.14. The zero-order valence-electron chi connectivity index (χ0n) is 11.8. The van der Waals surface area contributed by atoms with Crippen LogP contribution in [0.2, 0.25) is 0 Å². The summed E-state index contributed by atoms with van der Waals surface area (Å²) < 4.78 is 19.5. The summed E-state index contributed by atoms with van der Waals surface area (Å²) in [6.45, 7) is 1.61. The SMILES string of the molecule is COc1ccccc1N(C)c1ccc([C@@H](C)O)cc1F. The van der Waals surface area contributed by atoms with Crippen molar-refractivity contribution in [2.24, 2.45) is 0 Å². The normalized spacial score (nSPS) is 12.1. The van der Waals surface area contributed by atoms with Crippen LogP contribution >= 0.6 is 0 Å². The second-order valence-electron chi connectivity index (χ2n) is 4.62. The van der Waals surface area contributed by atoms with Gasteiger partial charge in [-0.15, -0.1) is 0 Å². The van der Waals surface area contributed by atoms with Gasteiger partial charge < -0.3 is 14.7 Å². The van der Waals surface area contributed by atoms with Gasteiger partial charge in [0.1, 0.15) is 11.6 Å². The maximum Gasteiger partial charge on any atom is 0.147 e. The van der Waals surface area contributed by atoms with Crippen LogP contribution in [-0.4, -0.2) is 19.3 Å². The second kappa shape index (κ2) is 5.92. The molecule has 1 N–H and O–H groups in total. The topological polar surface area (TPSA) is 32.7 Å². The van der Waals surface area contributed by atoms with Crippen molar-refractivity contribution in [3.63, 3.8) is 0 Å². The minimum absolute atomic E-state index is 0.378. The van der Waals surface area contributed by atoms with Gasteiger partial charge in [-0.2, -0.15) is 0 Å². The number of aliphatic hydroxyl groups excluding tert-OH is 1. The number of halogens is 1. The molecule has 0 spiro atoms. The van der Waals surface area contributed by atoms with E-state index in [4.69, 9.17) is 4.74 Å². The molecule has 106 valence electrons. The van der Waals surface area contributed by atoms with Gasteiger partial charge in [-0.3, -0.25) is 0 Å². The molecule has 2 aromatic rings. The standard InChI is InChI=1S/C16H18FNO2/c1-11(19)12-8-9-14(13(17)10-12)18(2)15-6-4-5-7-16(15)20-3/h4-11,19H,1-3H3/t11-/m1/s1. The Morgan fingerprint density at radius 3 is 2.45 bits per heavy atom. The fourth-order valence-corrected chi connectivity index (χ4v) is 2.09. The van der Waals surface area contributed by atoms with E-state index in [0.29, 0.717) is 17.0 Å². The molecule has 0 fully saturated rings. The van der Waals surface area contributed by atoms with Gasteiger partial charge in [0.25, 0.3) is 0 Å². The molecule has 0 aromatic heterocycles. The van der Waals surface area contributed by atoms with Crippen LogP contribution in [-0.2, 0) is 0 Å². The van der Waals surface area contributed by atoms with Gasteiger partial charge in [0.2, 0.25) is 0 Å². The van der Waals surface area contributed by atoms with E-state index in [1.807, 2.05) is 24.3 Å². The highest BCUT2D eigenvalue weighted by molar-refractivity contribution is 5.69. The maximum atomic E-state index is 14.2. The summed E-state index contributed by atoms with van der Waals surface area (Å²) in [5, 5.41) is 9.48. The lowest BCUT2D eigenvalue weighted by Gasteiger charge is -2.22. The molecule has 0 aliphatic rings. The number of para-hydroxylation sites is 2. The van der Waals surface area contributed by atoms with E-state index in [1.54, 1.807) is 38.1 Å². The second-order valence-corrected chi connectivity index (χ2v) is 4.62. The molecule has 2 aromatic carbocycles. The Hall–Kier alpha value is -2.07. The first-order valence-electron chi connectivity index (χ1n) is 6.39. The Bertz CT molecular complexity index is 599. The third-order valence-corrected chi connectivity index (χ3v) is 3.26. The van der Waals surface area contributed by atoms with E-state index in [-0.39, 0.29) is 5.82 Å². The van der Waals surface area contributed by atoms with E-state index in [0.717, 1.165) is 5.69 Å². The van der Waals surface area contributed by atoms with Gasteiger partial charge in [0.05, 0.1) is 24.6 Å². The Labute approximate surface area is 118 Å². The zero-order valence-corrected chi connectivity index (χ0v) is 11.8. The molecule has 0 saturated carbocycles. The van der Waals surface area contributed by atoms with Crippen molar-refractivity contribution in [2.45, 2.75) is 13.0 Å². The highest BCUT2D eigenvalue weighted by Crippen LogP contribution is 2.34. The average Bonchev–Trinajstić information content (AvgIpc) is 2.46. The van der Waals surface area contributed by atoms with Crippen molar-refractivity contribution in [1.29, 1.82) is 0 Å². The number of methoxy groups -OCH3 is 1. The summed E-state index contributed by atoms with van der Waals surface area (Å²) in [5.41, 5.74) is 1.76. The van der Waals surface area contributed by atoms with E-state index in [9.17, 15) is 9.50 Å². The summed E-state index contributed by atoms with van der Waals surface area (Å²) >= 11 is 0. The summed E-state index contributed by atoms with van der Waals surface area (Å²) in [6.07, 6.45) is -0.685. The van der Waals surface area contributed by atoms with Gasteiger partial charge >= 0.3 is 0 Å². The van der Waals surface area contributed by atoms with Crippen molar-refractivity contribution in [2.75, 3.05) is 19.1 Å². The lowest BCUT2D eigenvalue weighted by atomic mass is 10.1. The summed E-state index contributed by atoms with van der Waals surface area (Å²) in [6, 6.07) is 12.2. The van der Waals surface area contributed by atoms with Crippen molar-refractivity contribution in [3.05, 3.63) is 53.8 Å². The molecule has 0 bridgehead atoms. The largest absolute Gasteiger partial charge is 0.495 e. The van der Waals surface area contributed by atoms with Crippen molar-refractivity contribution in [3.8, 4) is 5.75 Å². The lowest BCUT2D eigenvalue weighted by Crippen LogP contribution is -2.12. The first kappa shape index (κ1) is 14.3. The van der Waals surface area contributed by atoms with Crippen LogP contribution in [0.3, 0.4) is 0 Å². The number of rotatable bonds is 4. The summed E-state index contributed by atoms with van der Waals surface area (Å²) in [4.78, 5) is 1.72. The minimum atomic E-state index is -0.685. The van der Waals surface area contributed by atoms with Crippen LogP contribution in [0, 0.1) is 5.82 Å². The Morgan fingerprint density at radius 2 is 1.85 bits per heavy atom. The Balaban J connectivity index is 2.40.